The van der Waals surface area contributed by atoms with Gasteiger partial charge in [0.1, 0.15) is 3.70 Å². The fourth-order valence-electron chi connectivity index (χ4n) is 0.798. The van der Waals surface area contributed by atoms with Crippen molar-refractivity contribution in [3.05, 3.63) is 19.8 Å². The van der Waals surface area contributed by atoms with Gasteiger partial charge in [-0.2, -0.15) is 0 Å². The highest BCUT2D eigenvalue weighted by molar-refractivity contribution is 14.1. The minimum atomic E-state index is -4.07. The van der Waals surface area contributed by atoms with Gasteiger partial charge in [0.15, 0.2) is 5.03 Å². The molecule has 2 N–H and O–H groups in total. The van der Waals surface area contributed by atoms with Crippen molar-refractivity contribution in [1.82, 2.24) is 4.98 Å². The number of aromatic nitrogens is 1. The second-order valence-electron chi connectivity index (χ2n) is 2.50. The van der Waals surface area contributed by atoms with E-state index in [0.29, 0.717) is 0 Å². The second kappa shape index (κ2) is 4.55. The monoisotopic (exact) mass is 412 g/mol. The van der Waals surface area contributed by atoms with Crippen LogP contribution in [0.2, 0.25) is 0 Å². The molecule has 0 atom stereocenters. The molecule has 0 aliphatic rings. The molecule has 0 saturated heterocycles. The molecule has 0 spiro atoms. The fraction of sp³-hybridized carbons (Fsp3) is 0.167. The van der Waals surface area contributed by atoms with Crippen LogP contribution in [0, 0.1) is 3.70 Å². The lowest BCUT2D eigenvalue weighted by molar-refractivity contribution is 0.150. The average Bonchev–Trinajstić information content (AvgIpc) is 2.06. The molecule has 0 fully saturated rings. The minimum Gasteiger partial charge on any atom is -0.228 e. The topological polar surface area (TPSA) is 73.1 Å². The van der Waals surface area contributed by atoms with Crippen LogP contribution in [0.5, 0.6) is 0 Å². The molecule has 0 aliphatic heterocycles. The van der Waals surface area contributed by atoms with Crippen molar-refractivity contribution in [2.24, 2.45) is 5.14 Å². The zero-order valence-electron chi connectivity index (χ0n) is 6.92. The third-order valence-electron chi connectivity index (χ3n) is 1.45. The first-order chi connectivity index (χ1) is 6.73. The first-order valence-corrected chi connectivity index (χ1v) is 6.82. The highest BCUT2D eigenvalue weighted by Crippen LogP contribution is 2.31. The van der Waals surface area contributed by atoms with Crippen LogP contribution in [0.3, 0.4) is 0 Å². The summed E-state index contributed by atoms with van der Waals surface area (Å²) in [6.07, 6.45) is -2.80. The summed E-state index contributed by atoms with van der Waals surface area (Å²) in [5, 5.41) is 4.23. The van der Waals surface area contributed by atoms with Gasteiger partial charge < -0.3 is 0 Å². The Balaban J connectivity index is 3.50. The Hall–Kier alpha value is 0.130. The highest BCUT2D eigenvalue weighted by atomic mass is 127. The van der Waals surface area contributed by atoms with Crippen LogP contribution in [-0.2, 0) is 10.0 Å². The van der Waals surface area contributed by atoms with Gasteiger partial charge in [-0.15, -0.1) is 0 Å². The molecule has 0 aliphatic carbocycles. The molecule has 1 rings (SSSR count). The van der Waals surface area contributed by atoms with Crippen molar-refractivity contribution in [2.75, 3.05) is 0 Å². The van der Waals surface area contributed by atoms with Crippen molar-refractivity contribution >= 4 is 48.5 Å². The molecule has 0 radical (unpaired) electrons. The summed E-state index contributed by atoms with van der Waals surface area (Å²) in [5.41, 5.74) is -0.446. The Bertz CT molecular complexity index is 494. The molecular formula is C6H4BrF2IN2O2S. The van der Waals surface area contributed by atoms with E-state index in [1.165, 1.54) is 0 Å². The van der Waals surface area contributed by atoms with Crippen molar-refractivity contribution in [2.45, 2.75) is 11.5 Å². The van der Waals surface area contributed by atoms with E-state index in [0.717, 1.165) is 6.07 Å². The van der Waals surface area contributed by atoms with Crippen LogP contribution in [0.1, 0.15) is 12.0 Å². The molecule has 84 valence electrons. The maximum absolute atomic E-state index is 12.5. The summed E-state index contributed by atoms with van der Waals surface area (Å²) >= 11 is 4.53. The molecule has 1 heterocycles. The number of rotatable bonds is 2. The van der Waals surface area contributed by atoms with Gasteiger partial charge >= 0.3 is 0 Å². The SMILES string of the molecule is NS(=O)(=O)c1cc(C(F)F)c(Br)c(I)n1. The number of sulfonamides is 1. The van der Waals surface area contributed by atoms with E-state index in [1.807, 2.05) is 0 Å². The standard InChI is InChI=1S/C6H4BrF2IN2O2S/c7-4-2(5(8)9)1-3(12-6(4)10)15(11,13)14/h1,5H,(H2,11,13,14). The lowest BCUT2D eigenvalue weighted by Crippen LogP contribution is -2.15. The van der Waals surface area contributed by atoms with Gasteiger partial charge in [0.05, 0.1) is 4.47 Å². The smallest absolute Gasteiger partial charge is 0.228 e. The third kappa shape index (κ3) is 3.04. The molecule has 0 unspecified atom stereocenters. The van der Waals surface area contributed by atoms with Crippen LogP contribution in [0.25, 0.3) is 0 Å². The fourth-order valence-corrected chi connectivity index (χ4v) is 2.42. The van der Waals surface area contributed by atoms with E-state index in [9.17, 15) is 17.2 Å². The molecule has 0 bridgehead atoms. The minimum absolute atomic E-state index is 0.0745. The van der Waals surface area contributed by atoms with Crippen molar-refractivity contribution < 1.29 is 17.2 Å². The number of pyridine rings is 1. The number of halogens is 4. The molecule has 1 aromatic heterocycles. The van der Waals surface area contributed by atoms with E-state index >= 15 is 0 Å². The molecule has 4 nitrogen and oxygen atoms in total. The van der Waals surface area contributed by atoms with E-state index < -0.39 is 27.0 Å². The Morgan fingerprint density at radius 2 is 2.07 bits per heavy atom. The van der Waals surface area contributed by atoms with Crippen LogP contribution in [0.4, 0.5) is 8.78 Å². The molecule has 0 aromatic carbocycles. The van der Waals surface area contributed by atoms with E-state index in [1.54, 1.807) is 22.6 Å². The third-order valence-corrected chi connectivity index (χ3v) is 4.60. The van der Waals surface area contributed by atoms with Gasteiger partial charge in [-0.1, -0.05) is 0 Å². The second-order valence-corrected chi connectivity index (χ2v) is 5.82. The summed E-state index contributed by atoms with van der Waals surface area (Å²) in [6, 6.07) is 0.756. The lowest BCUT2D eigenvalue weighted by Gasteiger charge is -2.06. The highest BCUT2D eigenvalue weighted by Gasteiger charge is 2.20. The van der Waals surface area contributed by atoms with Crippen molar-refractivity contribution in [3.8, 4) is 0 Å². The Labute approximate surface area is 107 Å². The van der Waals surface area contributed by atoms with Gasteiger partial charge in [0.25, 0.3) is 16.4 Å². The predicted molar refractivity (Wildman–Crippen MR) is 61.0 cm³/mol. The maximum atomic E-state index is 12.5. The summed E-state index contributed by atoms with van der Waals surface area (Å²) in [5.74, 6) is 0. The zero-order valence-corrected chi connectivity index (χ0v) is 11.5. The number of alkyl halides is 2. The Morgan fingerprint density at radius 1 is 1.53 bits per heavy atom. The Kier molecular flexibility index (Phi) is 4.01. The number of nitrogens with zero attached hydrogens (tertiary/aromatic N) is 1. The van der Waals surface area contributed by atoms with Crippen molar-refractivity contribution in [3.63, 3.8) is 0 Å². The quantitative estimate of drug-likeness (QED) is 0.596. The first-order valence-electron chi connectivity index (χ1n) is 3.40. The molecule has 1 aromatic rings. The molecule has 15 heavy (non-hydrogen) atoms. The van der Waals surface area contributed by atoms with Crippen molar-refractivity contribution in [1.29, 1.82) is 0 Å². The largest absolute Gasteiger partial charge is 0.265 e. The molecular weight excluding hydrogens is 409 g/mol. The average molecular weight is 413 g/mol. The first kappa shape index (κ1) is 13.2. The number of hydrogen-bond donors (Lipinski definition) is 1. The predicted octanol–water partition coefficient (Wildman–Crippen LogP) is 2.03. The van der Waals surface area contributed by atoms with Gasteiger partial charge in [-0.05, 0) is 44.6 Å². The van der Waals surface area contributed by atoms with E-state index in [4.69, 9.17) is 5.14 Å². The maximum Gasteiger partial charge on any atom is 0.265 e. The van der Waals surface area contributed by atoms with Gasteiger partial charge in [-0.3, -0.25) is 0 Å². The molecule has 0 amide bonds. The Morgan fingerprint density at radius 3 is 2.47 bits per heavy atom. The number of primary sulfonamides is 1. The zero-order chi connectivity index (χ0) is 11.8. The van der Waals surface area contributed by atoms with Gasteiger partial charge in [0, 0.05) is 5.56 Å². The molecule has 0 saturated carbocycles. The van der Waals surface area contributed by atoms with Crippen LogP contribution in [-0.4, -0.2) is 13.4 Å². The van der Waals surface area contributed by atoms with Crippen LogP contribution in [0.15, 0.2) is 15.6 Å². The lowest BCUT2D eigenvalue weighted by atomic mass is 10.3. The van der Waals surface area contributed by atoms with Gasteiger partial charge in [0.2, 0.25) is 0 Å². The van der Waals surface area contributed by atoms with Crippen LogP contribution < -0.4 is 5.14 Å². The van der Waals surface area contributed by atoms with E-state index in [-0.39, 0.29) is 8.17 Å². The summed E-state index contributed by atoms with van der Waals surface area (Å²) in [7, 11) is -4.07. The summed E-state index contributed by atoms with van der Waals surface area (Å²) in [4.78, 5) is 3.58. The van der Waals surface area contributed by atoms with Gasteiger partial charge in [-0.25, -0.2) is 27.3 Å². The normalized spacial score (nSPS) is 12.1. The number of hydrogen-bond acceptors (Lipinski definition) is 3. The van der Waals surface area contributed by atoms with E-state index in [2.05, 4.69) is 20.9 Å². The summed E-state index contributed by atoms with van der Waals surface area (Å²) < 4.78 is 47.0. The summed E-state index contributed by atoms with van der Waals surface area (Å²) in [6.45, 7) is 0. The molecule has 9 heteroatoms. The van der Waals surface area contributed by atoms with Crippen LogP contribution >= 0.6 is 38.5 Å². The number of nitrogens with two attached hydrogens (primary N) is 1.